The molecule has 3 heterocycles. The van der Waals surface area contributed by atoms with E-state index >= 15 is 0 Å². The molecule has 32 heavy (non-hydrogen) atoms. The smallest absolute Gasteiger partial charge is 0.269 e. The SMILES string of the molecule is CN(C)c1nc(SCc2ccc([N+](=O)[O-])cc2)c2ncn([C@@H]3O[C@H](CO)[C@@H](O)[C@H]3O)c2n1. The second-order valence-corrected chi connectivity index (χ2v) is 8.45. The number of hydrogen-bond acceptors (Lipinski definition) is 11. The number of benzene rings is 1. The van der Waals surface area contributed by atoms with Gasteiger partial charge in [-0.2, -0.15) is 4.98 Å². The van der Waals surface area contributed by atoms with Crippen molar-refractivity contribution < 1.29 is 25.0 Å². The summed E-state index contributed by atoms with van der Waals surface area (Å²) in [6, 6.07) is 6.28. The summed E-state index contributed by atoms with van der Waals surface area (Å²) < 4.78 is 7.14. The van der Waals surface area contributed by atoms with Gasteiger partial charge in [0.1, 0.15) is 28.9 Å². The highest BCUT2D eigenvalue weighted by Gasteiger charge is 2.44. The van der Waals surface area contributed by atoms with Gasteiger partial charge in [-0.05, 0) is 5.56 Å². The molecule has 13 heteroatoms. The molecule has 1 aromatic carbocycles. The van der Waals surface area contributed by atoms with E-state index in [0.29, 0.717) is 27.9 Å². The number of aromatic nitrogens is 4. The molecular weight excluding hydrogens is 440 g/mol. The van der Waals surface area contributed by atoms with E-state index in [2.05, 4.69) is 15.0 Å². The molecule has 0 radical (unpaired) electrons. The zero-order chi connectivity index (χ0) is 23.0. The standard InChI is InChI=1S/C19H22N6O6S/c1-23(2)19-21-16-13(20-9-24(16)18-15(28)14(27)12(7-26)31-18)17(22-19)32-8-10-3-5-11(6-4-10)25(29)30/h3-6,9,12,14-15,18,26-28H,7-8H2,1-2H3/t12-,14-,15-,18-/m1/s1. The first-order valence-electron chi connectivity index (χ1n) is 9.70. The maximum Gasteiger partial charge on any atom is 0.269 e. The lowest BCUT2D eigenvalue weighted by Gasteiger charge is -2.18. The minimum Gasteiger partial charge on any atom is -0.394 e. The lowest BCUT2D eigenvalue weighted by atomic mass is 10.1. The van der Waals surface area contributed by atoms with Gasteiger partial charge in [0.2, 0.25) is 5.95 Å². The topological polar surface area (TPSA) is 160 Å². The maximum absolute atomic E-state index is 10.8. The van der Waals surface area contributed by atoms with Gasteiger partial charge < -0.3 is 25.0 Å². The normalized spacial score (nSPS) is 23.0. The molecule has 3 N–H and O–H groups in total. The predicted octanol–water partition coefficient (Wildman–Crippen LogP) is 0.704. The van der Waals surface area contributed by atoms with Crippen LogP contribution in [0.1, 0.15) is 11.8 Å². The molecular formula is C19H22N6O6S. The summed E-state index contributed by atoms with van der Waals surface area (Å²) in [5.74, 6) is 0.912. The summed E-state index contributed by atoms with van der Waals surface area (Å²) in [6.07, 6.45) is -2.94. The van der Waals surface area contributed by atoms with Crippen LogP contribution in [0.2, 0.25) is 0 Å². The third kappa shape index (κ3) is 4.12. The first kappa shape index (κ1) is 22.4. The number of anilines is 1. The van der Waals surface area contributed by atoms with Gasteiger partial charge in [-0.25, -0.2) is 9.97 Å². The highest BCUT2D eigenvalue weighted by atomic mass is 32.2. The van der Waals surface area contributed by atoms with Crippen molar-refractivity contribution in [2.75, 3.05) is 25.6 Å². The average molecular weight is 462 g/mol. The molecule has 1 aliphatic heterocycles. The summed E-state index contributed by atoms with van der Waals surface area (Å²) in [5.41, 5.74) is 1.79. The number of nitro groups is 1. The maximum atomic E-state index is 10.8. The van der Waals surface area contributed by atoms with Crippen molar-refractivity contribution in [3.05, 3.63) is 46.3 Å². The summed E-state index contributed by atoms with van der Waals surface area (Å²) in [4.78, 5) is 25.6. The van der Waals surface area contributed by atoms with Gasteiger partial charge in [0.25, 0.3) is 5.69 Å². The van der Waals surface area contributed by atoms with Crippen LogP contribution in [-0.2, 0) is 10.5 Å². The average Bonchev–Trinajstić information content (AvgIpc) is 3.33. The lowest BCUT2D eigenvalue weighted by Crippen LogP contribution is -2.33. The molecule has 12 nitrogen and oxygen atoms in total. The van der Waals surface area contributed by atoms with E-state index in [9.17, 15) is 25.4 Å². The molecule has 0 saturated carbocycles. The number of non-ortho nitro benzene ring substituents is 1. The first-order valence-corrected chi connectivity index (χ1v) is 10.7. The number of ether oxygens (including phenoxy) is 1. The molecule has 170 valence electrons. The Labute approximate surface area is 186 Å². The van der Waals surface area contributed by atoms with Crippen LogP contribution in [0, 0.1) is 10.1 Å². The molecule has 0 aliphatic carbocycles. The molecule has 4 atom stereocenters. The Morgan fingerprint density at radius 3 is 2.53 bits per heavy atom. The summed E-state index contributed by atoms with van der Waals surface area (Å²) >= 11 is 1.39. The fourth-order valence-electron chi connectivity index (χ4n) is 3.34. The number of nitrogens with zero attached hydrogens (tertiary/aromatic N) is 6. The number of aliphatic hydroxyl groups excluding tert-OH is 3. The van der Waals surface area contributed by atoms with Crippen molar-refractivity contribution in [1.82, 2.24) is 19.5 Å². The Hall–Kier alpha value is -2.84. The van der Waals surface area contributed by atoms with Gasteiger partial charge in [-0.3, -0.25) is 14.7 Å². The lowest BCUT2D eigenvalue weighted by molar-refractivity contribution is -0.384. The quantitative estimate of drug-likeness (QED) is 0.196. The minimum atomic E-state index is -1.27. The fraction of sp³-hybridized carbons (Fsp3) is 0.421. The van der Waals surface area contributed by atoms with E-state index in [1.807, 2.05) is 0 Å². The van der Waals surface area contributed by atoms with Crippen LogP contribution in [0.5, 0.6) is 0 Å². The molecule has 1 fully saturated rings. The predicted molar refractivity (Wildman–Crippen MR) is 115 cm³/mol. The monoisotopic (exact) mass is 462 g/mol. The Kier molecular flexibility index (Phi) is 6.26. The molecule has 1 aliphatic rings. The van der Waals surface area contributed by atoms with Crippen LogP contribution in [-0.4, -0.2) is 78.8 Å². The summed E-state index contributed by atoms with van der Waals surface area (Å²) in [6.45, 7) is -0.435. The van der Waals surface area contributed by atoms with Crippen molar-refractivity contribution in [3.8, 4) is 0 Å². The van der Waals surface area contributed by atoms with E-state index in [1.54, 1.807) is 31.1 Å². The van der Waals surface area contributed by atoms with E-state index in [0.717, 1.165) is 5.56 Å². The molecule has 4 rings (SSSR count). The fourth-order valence-corrected chi connectivity index (χ4v) is 4.26. The zero-order valence-corrected chi connectivity index (χ0v) is 18.1. The molecule has 0 unspecified atom stereocenters. The van der Waals surface area contributed by atoms with Gasteiger partial charge in [0.15, 0.2) is 11.9 Å². The summed E-state index contributed by atoms with van der Waals surface area (Å²) in [7, 11) is 3.58. The minimum absolute atomic E-state index is 0.0234. The van der Waals surface area contributed by atoms with Crippen molar-refractivity contribution in [2.45, 2.75) is 35.3 Å². The third-order valence-corrected chi connectivity index (χ3v) is 6.13. The van der Waals surface area contributed by atoms with E-state index < -0.39 is 36.1 Å². The molecule has 1 saturated heterocycles. The first-order chi connectivity index (χ1) is 15.3. The van der Waals surface area contributed by atoms with Crippen molar-refractivity contribution in [3.63, 3.8) is 0 Å². The van der Waals surface area contributed by atoms with Gasteiger partial charge in [0.05, 0.1) is 17.9 Å². The molecule has 3 aromatic rings. The van der Waals surface area contributed by atoms with Crippen LogP contribution in [0.4, 0.5) is 11.6 Å². The Bertz CT molecular complexity index is 1120. The Balaban J connectivity index is 1.66. The van der Waals surface area contributed by atoms with Crippen LogP contribution in [0.3, 0.4) is 0 Å². The van der Waals surface area contributed by atoms with Gasteiger partial charge in [0, 0.05) is 32.0 Å². The molecule has 0 spiro atoms. The summed E-state index contributed by atoms with van der Waals surface area (Å²) in [5, 5.41) is 41.3. The number of hydrogen-bond donors (Lipinski definition) is 3. The number of nitro benzene ring substituents is 1. The van der Waals surface area contributed by atoms with Crippen molar-refractivity contribution in [1.29, 1.82) is 0 Å². The number of aliphatic hydroxyl groups is 3. The Morgan fingerprint density at radius 1 is 1.22 bits per heavy atom. The Morgan fingerprint density at radius 2 is 1.94 bits per heavy atom. The third-order valence-electron chi connectivity index (χ3n) is 5.09. The number of rotatable bonds is 7. The zero-order valence-electron chi connectivity index (χ0n) is 17.3. The highest BCUT2D eigenvalue weighted by molar-refractivity contribution is 7.98. The second kappa shape index (κ2) is 8.96. The van der Waals surface area contributed by atoms with E-state index in [1.165, 1.54) is 34.8 Å². The van der Waals surface area contributed by atoms with Crippen LogP contribution < -0.4 is 4.90 Å². The number of fused-ring (bicyclic) bond motifs is 1. The second-order valence-electron chi connectivity index (χ2n) is 7.49. The van der Waals surface area contributed by atoms with Gasteiger partial charge >= 0.3 is 0 Å². The van der Waals surface area contributed by atoms with Gasteiger partial charge in [-0.1, -0.05) is 23.9 Å². The molecule has 0 bridgehead atoms. The van der Waals surface area contributed by atoms with Crippen LogP contribution >= 0.6 is 11.8 Å². The highest BCUT2D eigenvalue weighted by Crippen LogP contribution is 2.34. The number of imidazole rings is 1. The number of thioether (sulfide) groups is 1. The van der Waals surface area contributed by atoms with E-state index in [4.69, 9.17) is 4.74 Å². The molecule has 0 amide bonds. The van der Waals surface area contributed by atoms with Crippen molar-refractivity contribution >= 4 is 34.6 Å². The molecule has 2 aromatic heterocycles. The van der Waals surface area contributed by atoms with Crippen LogP contribution in [0.25, 0.3) is 11.2 Å². The van der Waals surface area contributed by atoms with Crippen molar-refractivity contribution in [2.24, 2.45) is 0 Å². The van der Waals surface area contributed by atoms with Gasteiger partial charge in [-0.15, -0.1) is 0 Å². The van der Waals surface area contributed by atoms with Crippen LogP contribution in [0.15, 0.2) is 35.6 Å². The van der Waals surface area contributed by atoms with E-state index in [-0.39, 0.29) is 5.69 Å². The largest absolute Gasteiger partial charge is 0.394 e.